The molecular formula is C51H70BrN7O8S2. The number of amidine groups is 2. The highest BCUT2D eigenvalue weighted by Gasteiger charge is 2.49. The van der Waals surface area contributed by atoms with Crippen LogP contribution in [0.3, 0.4) is 0 Å². The molecule has 8 rings (SSSR count). The summed E-state index contributed by atoms with van der Waals surface area (Å²) in [5.41, 5.74) is 5.16. The number of aryl methyl sites for hydroxylation is 4. The van der Waals surface area contributed by atoms with Gasteiger partial charge in [0, 0.05) is 72.3 Å². The lowest BCUT2D eigenvalue weighted by Crippen LogP contribution is -2.50. The predicted molar refractivity (Wildman–Crippen MR) is 277 cm³/mol. The molecule has 69 heavy (non-hydrogen) atoms. The molecule has 6 aliphatic rings. The Morgan fingerprint density at radius 2 is 1.13 bits per heavy atom. The SMILES string of the molecule is C=CS(=O)(=O)N1CCC2(CC1)N=C(C1CCCCC1)NC2=O.CC(=O)Cc1cc(C)c(Br)c(C)c1.CC(=O)Nc1cc(C)c(/C=C/S(=O)(=O)N2CCC3(CC2)N=C(C2CCCCC2)NC3=O)c(C)c1. The summed E-state index contributed by atoms with van der Waals surface area (Å²) in [5.74, 6) is 2.27. The maximum atomic E-state index is 13.0. The fraction of sp³-hybridized carbons (Fsp3) is 0.569. The molecule has 376 valence electrons. The molecule has 4 aliphatic heterocycles. The first kappa shape index (κ1) is 54.0. The van der Waals surface area contributed by atoms with Crippen molar-refractivity contribution in [2.75, 3.05) is 31.5 Å². The number of carbonyl (C=O) groups is 4. The largest absolute Gasteiger partial charge is 0.326 e. The molecule has 2 saturated heterocycles. The first-order valence-corrected chi connectivity index (χ1v) is 28.1. The number of Topliss-reactive ketones (excluding diaryl/α,β-unsaturated/α-hetero) is 1. The molecule has 3 N–H and O–H groups in total. The number of anilines is 1. The lowest BCUT2D eigenvalue weighted by Gasteiger charge is -2.34. The molecular weight excluding hydrogens is 983 g/mol. The van der Waals surface area contributed by atoms with Gasteiger partial charge in [-0.2, -0.15) is 8.61 Å². The highest BCUT2D eigenvalue weighted by atomic mass is 79.9. The number of hydrogen-bond donors (Lipinski definition) is 3. The molecule has 4 fully saturated rings. The third-order valence-electron chi connectivity index (χ3n) is 14.3. The number of nitrogens with zero attached hydrogens (tertiary/aromatic N) is 4. The molecule has 3 amide bonds. The Labute approximate surface area is 417 Å². The summed E-state index contributed by atoms with van der Waals surface area (Å²) in [5, 5.41) is 11.0. The van der Waals surface area contributed by atoms with Crippen LogP contribution in [0.1, 0.15) is 137 Å². The Kier molecular flexibility index (Phi) is 17.8. The second-order valence-electron chi connectivity index (χ2n) is 19.6. The molecule has 0 bridgehead atoms. The summed E-state index contributed by atoms with van der Waals surface area (Å²) >= 11 is 3.49. The van der Waals surface area contributed by atoms with Crippen LogP contribution < -0.4 is 16.0 Å². The van der Waals surface area contributed by atoms with Crippen LogP contribution in [0.25, 0.3) is 6.08 Å². The van der Waals surface area contributed by atoms with Crippen LogP contribution in [0.15, 0.2) is 56.1 Å². The van der Waals surface area contributed by atoms with Crippen molar-refractivity contribution < 1.29 is 36.0 Å². The predicted octanol–water partition coefficient (Wildman–Crippen LogP) is 8.11. The van der Waals surface area contributed by atoms with Crippen molar-refractivity contribution in [2.24, 2.45) is 21.8 Å². The molecule has 18 heteroatoms. The van der Waals surface area contributed by atoms with E-state index in [-0.39, 0.29) is 36.6 Å². The number of halogens is 1. The Bertz CT molecular complexity index is 2570. The average molecular weight is 1050 g/mol. The van der Waals surface area contributed by atoms with Gasteiger partial charge >= 0.3 is 0 Å². The van der Waals surface area contributed by atoms with Crippen LogP contribution in [0, 0.1) is 39.5 Å². The van der Waals surface area contributed by atoms with Gasteiger partial charge in [-0.05, 0) is 138 Å². The van der Waals surface area contributed by atoms with E-state index in [1.165, 1.54) is 70.6 Å². The van der Waals surface area contributed by atoms with Crippen molar-refractivity contribution in [3.8, 4) is 0 Å². The second kappa shape index (κ2) is 22.8. The van der Waals surface area contributed by atoms with Crippen molar-refractivity contribution in [3.05, 3.63) is 79.5 Å². The Hall–Kier alpha value is -4.36. The topological polar surface area (TPSA) is 204 Å². The molecule has 0 radical (unpaired) electrons. The minimum Gasteiger partial charge on any atom is -0.326 e. The number of amides is 3. The molecule has 4 heterocycles. The molecule has 2 saturated carbocycles. The van der Waals surface area contributed by atoms with Crippen LogP contribution in [0.2, 0.25) is 0 Å². The van der Waals surface area contributed by atoms with Crippen molar-refractivity contribution >= 4 is 82.9 Å². The maximum Gasteiger partial charge on any atom is 0.253 e. The lowest BCUT2D eigenvalue weighted by atomic mass is 9.88. The molecule has 0 aromatic heterocycles. The quantitative estimate of drug-likeness (QED) is 0.212. The number of rotatable bonds is 10. The number of benzene rings is 2. The standard InChI is InChI=1S/C25H34N4O4S.C15H23N3O3S.C11H13BrO/c1-17-15-21(26-19(3)30)16-18(2)22(17)9-14-34(32,33)29-12-10-25(11-13-29)24(31)27-23(28-25)20-7-5-4-6-8-20;1-2-22(20,21)18-10-8-15(9-11-18)14(19)16-13(17-15)12-6-4-3-5-7-12;1-7-4-10(6-9(3)13)5-8(2)11(7)12/h9,14-16,20H,4-8,10-13H2,1-3H3,(H,26,30)(H,27,28,31);2,12H,1,3-11H2,(H,16,17,19);4-5H,6H2,1-3H3/b14-9+;;. The second-order valence-corrected chi connectivity index (χ2v) is 24.1. The first-order chi connectivity index (χ1) is 32.6. The summed E-state index contributed by atoms with van der Waals surface area (Å²) < 4.78 is 53.7. The van der Waals surface area contributed by atoms with Gasteiger partial charge in [0.1, 0.15) is 28.5 Å². The first-order valence-electron chi connectivity index (χ1n) is 24.3. The van der Waals surface area contributed by atoms with Gasteiger partial charge in [0.15, 0.2) is 0 Å². The van der Waals surface area contributed by atoms with E-state index in [4.69, 9.17) is 9.98 Å². The minimum absolute atomic E-state index is 0.0521. The third kappa shape index (κ3) is 13.3. The molecule has 2 aromatic carbocycles. The van der Waals surface area contributed by atoms with Gasteiger partial charge in [-0.25, -0.2) is 16.8 Å². The Morgan fingerprint density at radius 3 is 1.52 bits per heavy atom. The van der Waals surface area contributed by atoms with E-state index in [2.05, 4.69) is 50.6 Å². The highest BCUT2D eigenvalue weighted by molar-refractivity contribution is 9.10. The number of carbonyl (C=O) groups excluding carboxylic acids is 4. The van der Waals surface area contributed by atoms with Crippen LogP contribution in [0.4, 0.5) is 5.69 Å². The van der Waals surface area contributed by atoms with E-state index >= 15 is 0 Å². The van der Waals surface area contributed by atoms with Crippen molar-refractivity contribution in [2.45, 2.75) is 149 Å². The molecule has 2 aliphatic carbocycles. The van der Waals surface area contributed by atoms with Gasteiger partial charge in [-0.3, -0.25) is 29.2 Å². The zero-order valence-corrected chi connectivity index (χ0v) is 44.3. The molecule has 2 aromatic rings. The van der Waals surface area contributed by atoms with Gasteiger partial charge in [0.25, 0.3) is 11.8 Å². The van der Waals surface area contributed by atoms with Gasteiger partial charge in [0.05, 0.1) is 0 Å². The zero-order valence-electron chi connectivity index (χ0n) is 41.1. The smallest absolute Gasteiger partial charge is 0.253 e. The lowest BCUT2D eigenvalue weighted by molar-refractivity contribution is -0.125. The number of hydrogen-bond acceptors (Lipinski definition) is 10. The molecule has 0 unspecified atom stereocenters. The van der Waals surface area contributed by atoms with Gasteiger partial charge in [-0.1, -0.05) is 73.2 Å². The van der Waals surface area contributed by atoms with Crippen molar-refractivity contribution in [3.63, 3.8) is 0 Å². The van der Waals surface area contributed by atoms with Gasteiger partial charge in [-0.15, -0.1) is 0 Å². The molecule has 2 spiro atoms. The minimum atomic E-state index is -3.64. The fourth-order valence-corrected chi connectivity index (χ4v) is 12.7. The summed E-state index contributed by atoms with van der Waals surface area (Å²) in [6.07, 6.45) is 15.4. The van der Waals surface area contributed by atoms with Crippen molar-refractivity contribution in [1.82, 2.24) is 19.2 Å². The normalized spacial score (nSPS) is 21.1. The van der Waals surface area contributed by atoms with Gasteiger partial charge in [0.2, 0.25) is 26.0 Å². The zero-order chi connectivity index (χ0) is 50.3. The van der Waals surface area contributed by atoms with E-state index in [0.29, 0.717) is 62.7 Å². The van der Waals surface area contributed by atoms with Crippen LogP contribution in [-0.2, 0) is 45.6 Å². The maximum absolute atomic E-state index is 13.0. The Morgan fingerprint density at radius 1 is 0.710 bits per heavy atom. The number of sulfonamides is 2. The number of nitrogens with one attached hydrogen (secondary N) is 3. The Balaban J connectivity index is 0.000000190. The van der Waals surface area contributed by atoms with E-state index in [0.717, 1.165) is 69.5 Å². The summed E-state index contributed by atoms with van der Waals surface area (Å²) in [4.78, 5) is 57.0. The third-order valence-corrected chi connectivity index (χ3v) is 18.6. The van der Waals surface area contributed by atoms with E-state index in [1.807, 2.05) is 39.8 Å². The summed E-state index contributed by atoms with van der Waals surface area (Å²) in [7, 11) is -7.04. The van der Waals surface area contributed by atoms with Crippen LogP contribution >= 0.6 is 15.9 Å². The molecule has 0 atom stereocenters. The number of aliphatic imine (C=N–C) groups is 2. The molecule has 15 nitrogen and oxygen atoms in total. The average Bonchev–Trinajstić information content (AvgIpc) is 3.80. The fourth-order valence-electron chi connectivity index (χ4n) is 10.4. The monoisotopic (exact) mass is 1050 g/mol. The number of ketones is 1. The van der Waals surface area contributed by atoms with Crippen LogP contribution in [-0.4, -0.2) is 97.9 Å². The highest BCUT2D eigenvalue weighted by Crippen LogP contribution is 2.37. The van der Waals surface area contributed by atoms with E-state index in [1.54, 1.807) is 13.0 Å². The number of piperidine rings is 2. The van der Waals surface area contributed by atoms with Crippen molar-refractivity contribution in [1.29, 1.82) is 0 Å². The summed E-state index contributed by atoms with van der Waals surface area (Å²) in [6, 6.07) is 7.76. The summed E-state index contributed by atoms with van der Waals surface area (Å²) in [6.45, 7) is 15.4. The van der Waals surface area contributed by atoms with Crippen LogP contribution in [0.5, 0.6) is 0 Å². The van der Waals surface area contributed by atoms with Gasteiger partial charge < -0.3 is 16.0 Å². The van der Waals surface area contributed by atoms with E-state index < -0.39 is 31.1 Å². The van der Waals surface area contributed by atoms with E-state index in [9.17, 15) is 36.0 Å².